The summed E-state index contributed by atoms with van der Waals surface area (Å²) in [6, 6.07) is 17.0. The summed E-state index contributed by atoms with van der Waals surface area (Å²) >= 11 is 1.83. The van der Waals surface area contributed by atoms with Crippen LogP contribution in [0, 0.1) is 5.92 Å². The van der Waals surface area contributed by atoms with E-state index >= 15 is 0 Å². The first-order chi connectivity index (χ1) is 12.1. The van der Waals surface area contributed by atoms with Gasteiger partial charge in [-0.1, -0.05) is 36.4 Å². The van der Waals surface area contributed by atoms with Crippen LogP contribution in [0.15, 0.2) is 59.5 Å². The molecule has 1 aliphatic heterocycles. The van der Waals surface area contributed by atoms with Crippen molar-refractivity contribution < 1.29 is 14.7 Å². The van der Waals surface area contributed by atoms with Crippen LogP contribution in [-0.4, -0.2) is 40.7 Å². The number of rotatable bonds is 6. The van der Waals surface area contributed by atoms with E-state index in [1.807, 2.05) is 34.9 Å². The van der Waals surface area contributed by atoms with E-state index < -0.39 is 5.97 Å². The van der Waals surface area contributed by atoms with Crippen LogP contribution in [0.3, 0.4) is 0 Å². The summed E-state index contributed by atoms with van der Waals surface area (Å²) in [4.78, 5) is 26.9. The number of carboxylic acid groups (broad SMARTS) is 1. The summed E-state index contributed by atoms with van der Waals surface area (Å²) in [5.74, 6) is 0.520. The standard InChI is InChI=1S/C20H21NO3S/c22-19(12-16-6-4-5-9-18(16)20(23)24)21-11-10-15(13-21)14-25-17-7-2-1-3-8-17/h1-9,15H,10-14H2,(H,23,24). The molecule has 3 rings (SSSR count). The molecule has 1 heterocycles. The van der Waals surface area contributed by atoms with Gasteiger partial charge in [-0.3, -0.25) is 4.79 Å². The number of hydrogen-bond donors (Lipinski definition) is 1. The quantitative estimate of drug-likeness (QED) is 0.805. The molecule has 1 N–H and O–H groups in total. The number of carbonyl (C=O) groups is 2. The second-order valence-electron chi connectivity index (χ2n) is 6.26. The molecule has 1 aliphatic rings. The fraction of sp³-hybridized carbons (Fsp3) is 0.300. The van der Waals surface area contributed by atoms with Gasteiger partial charge in [0.1, 0.15) is 0 Å². The van der Waals surface area contributed by atoms with Crippen molar-refractivity contribution in [3.8, 4) is 0 Å². The molecule has 25 heavy (non-hydrogen) atoms. The smallest absolute Gasteiger partial charge is 0.335 e. The van der Waals surface area contributed by atoms with Crippen LogP contribution in [-0.2, 0) is 11.2 Å². The molecule has 0 aliphatic carbocycles. The predicted molar refractivity (Wildman–Crippen MR) is 99.0 cm³/mol. The van der Waals surface area contributed by atoms with Gasteiger partial charge in [-0.2, -0.15) is 0 Å². The summed E-state index contributed by atoms with van der Waals surface area (Å²) in [6.07, 6.45) is 1.16. The van der Waals surface area contributed by atoms with Crippen LogP contribution < -0.4 is 0 Å². The van der Waals surface area contributed by atoms with Crippen LogP contribution in [0.2, 0.25) is 0 Å². The first-order valence-electron chi connectivity index (χ1n) is 8.40. The number of nitrogens with zero attached hydrogens (tertiary/aromatic N) is 1. The molecule has 2 aromatic rings. The second kappa shape index (κ2) is 8.21. The second-order valence-corrected chi connectivity index (χ2v) is 7.35. The average molecular weight is 355 g/mol. The monoisotopic (exact) mass is 355 g/mol. The maximum absolute atomic E-state index is 12.5. The molecular formula is C20H21NO3S. The molecule has 1 saturated heterocycles. The van der Waals surface area contributed by atoms with E-state index in [9.17, 15) is 14.7 Å². The average Bonchev–Trinajstić information content (AvgIpc) is 3.10. The summed E-state index contributed by atoms with van der Waals surface area (Å²) < 4.78 is 0. The third-order valence-corrected chi connectivity index (χ3v) is 5.70. The van der Waals surface area contributed by atoms with Crippen LogP contribution in [0.1, 0.15) is 22.3 Å². The van der Waals surface area contributed by atoms with Crippen LogP contribution in [0.5, 0.6) is 0 Å². The maximum Gasteiger partial charge on any atom is 0.335 e. The number of hydrogen-bond acceptors (Lipinski definition) is 3. The Hall–Kier alpha value is -2.27. The molecule has 4 nitrogen and oxygen atoms in total. The van der Waals surface area contributed by atoms with Crippen molar-refractivity contribution >= 4 is 23.6 Å². The van der Waals surface area contributed by atoms with Crippen LogP contribution in [0.25, 0.3) is 0 Å². The SMILES string of the molecule is O=C(O)c1ccccc1CC(=O)N1CCC(CSc2ccccc2)C1. The third kappa shape index (κ3) is 4.63. The van der Waals surface area contributed by atoms with Crippen molar-refractivity contribution in [1.29, 1.82) is 0 Å². The topological polar surface area (TPSA) is 57.6 Å². The number of aromatic carboxylic acids is 1. The molecule has 5 heteroatoms. The van der Waals surface area contributed by atoms with Crippen molar-refractivity contribution in [1.82, 2.24) is 4.90 Å². The predicted octanol–water partition coefficient (Wildman–Crippen LogP) is 3.57. The van der Waals surface area contributed by atoms with E-state index in [1.165, 1.54) is 4.90 Å². The Labute approximate surface area is 151 Å². The highest BCUT2D eigenvalue weighted by Gasteiger charge is 2.27. The van der Waals surface area contributed by atoms with Gasteiger partial charge in [-0.25, -0.2) is 4.79 Å². The van der Waals surface area contributed by atoms with E-state index in [-0.39, 0.29) is 17.9 Å². The van der Waals surface area contributed by atoms with Crippen molar-refractivity contribution in [2.45, 2.75) is 17.7 Å². The largest absolute Gasteiger partial charge is 0.478 e. The summed E-state index contributed by atoms with van der Waals surface area (Å²) in [5, 5.41) is 9.24. The van der Waals surface area contributed by atoms with E-state index in [1.54, 1.807) is 24.3 Å². The number of amides is 1. The third-order valence-electron chi connectivity index (χ3n) is 4.46. The van der Waals surface area contributed by atoms with Crippen molar-refractivity contribution in [2.75, 3.05) is 18.8 Å². The minimum atomic E-state index is -0.984. The highest BCUT2D eigenvalue weighted by atomic mass is 32.2. The van der Waals surface area contributed by atoms with E-state index in [4.69, 9.17) is 0 Å². The molecular weight excluding hydrogens is 334 g/mol. The molecule has 1 atom stereocenters. The van der Waals surface area contributed by atoms with Gasteiger partial charge in [0, 0.05) is 23.7 Å². The van der Waals surface area contributed by atoms with Crippen molar-refractivity contribution in [3.05, 3.63) is 65.7 Å². The fourth-order valence-corrected chi connectivity index (χ4v) is 4.13. The zero-order chi connectivity index (χ0) is 17.6. The molecule has 2 aromatic carbocycles. The van der Waals surface area contributed by atoms with Crippen molar-refractivity contribution in [3.63, 3.8) is 0 Å². The molecule has 130 valence electrons. The number of carbonyl (C=O) groups excluding carboxylic acids is 1. The lowest BCUT2D eigenvalue weighted by atomic mass is 10.0. The Morgan fingerprint density at radius 3 is 2.56 bits per heavy atom. The number of likely N-dealkylation sites (tertiary alicyclic amines) is 1. The van der Waals surface area contributed by atoms with Gasteiger partial charge in [0.05, 0.1) is 12.0 Å². The highest BCUT2D eigenvalue weighted by molar-refractivity contribution is 7.99. The summed E-state index contributed by atoms with van der Waals surface area (Å²) in [5.41, 5.74) is 0.799. The Bertz CT molecular complexity index is 748. The lowest BCUT2D eigenvalue weighted by Gasteiger charge is -2.17. The van der Waals surface area contributed by atoms with E-state index in [2.05, 4.69) is 12.1 Å². The minimum Gasteiger partial charge on any atom is -0.478 e. The normalized spacial score (nSPS) is 16.8. The zero-order valence-corrected chi connectivity index (χ0v) is 14.7. The van der Waals surface area contributed by atoms with Gasteiger partial charge in [-0.15, -0.1) is 11.8 Å². The fourth-order valence-electron chi connectivity index (χ4n) is 3.08. The molecule has 1 unspecified atom stereocenters. The molecule has 0 saturated carbocycles. The molecule has 1 amide bonds. The van der Waals surface area contributed by atoms with Gasteiger partial charge in [0.15, 0.2) is 0 Å². The molecule has 0 bridgehead atoms. The zero-order valence-electron chi connectivity index (χ0n) is 13.9. The Morgan fingerprint density at radius 1 is 1.08 bits per heavy atom. The van der Waals surface area contributed by atoms with Gasteiger partial charge >= 0.3 is 5.97 Å². The van der Waals surface area contributed by atoms with Gasteiger partial charge in [-0.05, 0) is 36.1 Å². The Balaban J connectivity index is 1.53. The minimum absolute atomic E-state index is 0.0147. The lowest BCUT2D eigenvalue weighted by molar-refractivity contribution is -0.129. The van der Waals surface area contributed by atoms with E-state index in [0.29, 0.717) is 11.5 Å². The van der Waals surface area contributed by atoms with Crippen LogP contribution in [0.4, 0.5) is 0 Å². The first-order valence-corrected chi connectivity index (χ1v) is 9.39. The van der Waals surface area contributed by atoms with Crippen molar-refractivity contribution in [2.24, 2.45) is 5.92 Å². The number of benzene rings is 2. The lowest BCUT2D eigenvalue weighted by Crippen LogP contribution is -2.30. The Morgan fingerprint density at radius 2 is 1.80 bits per heavy atom. The summed E-state index contributed by atoms with van der Waals surface area (Å²) in [6.45, 7) is 1.52. The molecule has 0 aromatic heterocycles. The number of carboxylic acids is 1. The van der Waals surface area contributed by atoms with Crippen LogP contribution >= 0.6 is 11.8 Å². The molecule has 1 fully saturated rings. The van der Waals surface area contributed by atoms with Gasteiger partial charge < -0.3 is 10.0 Å². The molecule has 0 spiro atoms. The number of thioether (sulfide) groups is 1. The maximum atomic E-state index is 12.5. The summed E-state index contributed by atoms with van der Waals surface area (Å²) in [7, 11) is 0. The first kappa shape index (κ1) is 17.5. The van der Waals surface area contributed by atoms with Gasteiger partial charge in [0.2, 0.25) is 5.91 Å². The highest BCUT2D eigenvalue weighted by Crippen LogP contribution is 2.26. The molecule has 0 radical (unpaired) electrons. The Kier molecular flexibility index (Phi) is 5.76. The van der Waals surface area contributed by atoms with E-state index in [0.717, 1.165) is 25.3 Å². The van der Waals surface area contributed by atoms with Gasteiger partial charge in [0.25, 0.3) is 0 Å².